The molecule has 2 aromatic rings. The molecule has 2 rings (SSSR count). The van der Waals surface area contributed by atoms with Gasteiger partial charge >= 0.3 is 0 Å². The van der Waals surface area contributed by atoms with Gasteiger partial charge in [0, 0.05) is 12.4 Å². The topological polar surface area (TPSA) is 64.7 Å². The minimum Gasteiger partial charge on any atom is -0.322 e. The van der Waals surface area contributed by atoms with Crippen molar-refractivity contribution in [2.45, 2.75) is 19.4 Å². The van der Waals surface area contributed by atoms with Gasteiger partial charge in [0.1, 0.15) is 5.01 Å². The summed E-state index contributed by atoms with van der Waals surface area (Å²) in [7, 11) is 0. The van der Waals surface area contributed by atoms with Gasteiger partial charge < -0.3 is 5.73 Å². The maximum absolute atomic E-state index is 5.85. The van der Waals surface area contributed by atoms with E-state index in [1.54, 1.807) is 12.4 Å². The standard InChI is InChI=1S/C8H10N4S/c1-2-5(9)7-12-6-8(13-7)11-4-3-10-6/h3-5H,2,9H2,1H3. The molecule has 0 aromatic carbocycles. The Labute approximate surface area is 79.8 Å². The van der Waals surface area contributed by atoms with Crippen LogP contribution >= 0.6 is 11.3 Å². The van der Waals surface area contributed by atoms with Crippen LogP contribution in [0.15, 0.2) is 12.4 Å². The summed E-state index contributed by atoms with van der Waals surface area (Å²) in [6, 6.07) is 0.0148. The van der Waals surface area contributed by atoms with E-state index in [2.05, 4.69) is 15.0 Å². The van der Waals surface area contributed by atoms with E-state index in [-0.39, 0.29) is 6.04 Å². The van der Waals surface area contributed by atoms with E-state index < -0.39 is 0 Å². The first kappa shape index (κ1) is 8.52. The largest absolute Gasteiger partial charge is 0.322 e. The van der Waals surface area contributed by atoms with Crippen molar-refractivity contribution in [3.05, 3.63) is 17.4 Å². The van der Waals surface area contributed by atoms with E-state index in [9.17, 15) is 0 Å². The summed E-state index contributed by atoms with van der Waals surface area (Å²) in [4.78, 5) is 13.4. The van der Waals surface area contributed by atoms with Gasteiger partial charge in [0.15, 0.2) is 10.5 Å². The summed E-state index contributed by atoms with van der Waals surface area (Å²) < 4.78 is 0. The second kappa shape index (κ2) is 3.35. The van der Waals surface area contributed by atoms with Crippen LogP contribution in [0.3, 0.4) is 0 Å². The van der Waals surface area contributed by atoms with Crippen LogP contribution in [-0.2, 0) is 0 Å². The minimum atomic E-state index is 0.0148. The number of hydrogen-bond acceptors (Lipinski definition) is 5. The Morgan fingerprint density at radius 2 is 2.23 bits per heavy atom. The molecule has 1 atom stereocenters. The van der Waals surface area contributed by atoms with E-state index >= 15 is 0 Å². The summed E-state index contributed by atoms with van der Waals surface area (Å²) in [6.45, 7) is 2.04. The number of aromatic nitrogens is 3. The molecule has 13 heavy (non-hydrogen) atoms. The summed E-state index contributed by atoms with van der Waals surface area (Å²) in [5, 5.41) is 0.920. The predicted octanol–water partition coefficient (Wildman–Crippen LogP) is 1.50. The third-order valence-corrected chi connectivity index (χ3v) is 2.91. The maximum atomic E-state index is 5.85. The molecule has 2 aromatic heterocycles. The highest BCUT2D eigenvalue weighted by molar-refractivity contribution is 7.18. The molecule has 0 aliphatic heterocycles. The molecule has 0 saturated carbocycles. The lowest BCUT2D eigenvalue weighted by atomic mass is 10.3. The number of nitrogens with zero attached hydrogens (tertiary/aromatic N) is 3. The number of nitrogens with two attached hydrogens (primary N) is 1. The average molecular weight is 194 g/mol. The highest BCUT2D eigenvalue weighted by atomic mass is 32.1. The Hall–Kier alpha value is -1.07. The van der Waals surface area contributed by atoms with Gasteiger partial charge in [-0.2, -0.15) is 0 Å². The van der Waals surface area contributed by atoms with Crippen molar-refractivity contribution in [3.8, 4) is 0 Å². The first-order valence-corrected chi connectivity index (χ1v) is 4.96. The van der Waals surface area contributed by atoms with Crippen LogP contribution < -0.4 is 5.73 Å². The van der Waals surface area contributed by atoms with Crippen LogP contribution in [0, 0.1) is 0 Å². The number of rotatable bonds is 2. The van der Waals surface area contributed by atoms with Crippen LogP contribution in [0.4, 0.5) is 0 Å². The fourth-order valence-electron chi connectivity index (χ4n) is 1.03. The fraction of sp³-hybridized carbons (Fsp3) is 0.375. The molecule has 0 bridgehead atoms. The summed E-state index contributed by atoms with van der Waals surface area (Å²) in [6.07, 6.45) is 4.20. The molecule has 0 spiro atoms. The van der Waals surface area contributed by atoms with Crippen LogP contribution in [-0.4, -0.2) is 15.0 Å². The van der Waals surface area contributed by atoms with Crippen LogP contribution in [0.25, 0.3) is 10.5 Å². The van der Waals surface area contributed by atoms with Gasteiger partial charge in [0.2, 0.25) is 0 Å². The molecule has 0 amide bonds. The molecule has 1 unspecified atom stereocenters. The van der Waals surface area contributed by atoms with Crippen molar-refractivity contribution in [1.29, 1.82) is 0 Å². The smallest absolute Gasteiger partial charge is 0.189 e. The zero-order chi connectivity index (χ0) is 9.26. The Morgan fingerprint density at radius 3 is 2.92 bits per heavy atom. The molecule has 0 aliphatic carbocycles. The van der Waals surface area contributed by atoms with Gasteiger partial charge in [0.25, 0.3) is 0 Å². The molecule has 4 nitrogen and oxygen atoms in total. The Bertz CT molecular complexity index is 378. The lowest BCUT2D eigenvalue weighted by Gasteiger charge is -2.00. The Balaban J connectivity index is 2.49. The van der Waals surface area contributed by atoms with Gasteiger partial charge in [-0.05, 0) is 6.42 Å². The molecular formula is C8H10N4S. The molecule has 2 N–H and O–H groups in total. The second-order valence-corrected chi connectivity index (χ2v) is 3.76. The summed E-state index contributed by atoms with van der Waals surface area (Å²) >= 11 is 1.52. The van der Waals surface area contributed by atoms with E-state index in [0.29, 0.717) is 5.65 Å². The monoisotopic (exact) mass is 194 g/mol. The van der Waals surface area contributed by atoms with Crippen molar-refractivity contribution < 1.29 is 0 Å². The van der Waals surface area contributed by atoms with Crippen molar-refractivity contribution in [3.63, 3.8) is 0 Å². The number of hydrogen-bond donors (Lipinski definition) is 1. The van der Waals surface area contributed by atoms with E-state index in [1.807, 2.05) is 6.92 Å². The molecule has 2 heterocycles. The first-order chi connectivity index (χ1) is 6.31. The lowest BCUT2D eigenvalue weighted by molar-refractivity contribution is 0.694. The number of fused-ring (bicyclic) bond motifs is 1. The number of thiazole rings is 1. The Morgan fingerprint density at radius 1 is 1.46 bits per heavy atom. The van der Waals surface area contributed by atoms with Crippen LogP contribution in [0.2, 0.25) is 0 Å². The molecule has 68 valence electrons. The normalized spacial score (nSPS) is 13.4. The van der Waals surface area contributed by atoms with Crippen LogP contribution in [0.1, 0.15) is 24.4 Å². The molecule has 0 radical (unpaired) electrons. The third-order valence-electron chi connectivity index (χ3n) is 1.82. The predicted molar refractivity (Wildman–Crippen MR) is 52.4 cm³/mol. The fourth-order valence-corrected chi connectivity index (χ4v) is 1.98. The first-order valence-electron chi connectivity index (χ1n) is 4.14. The van der Waals surface area contributed by atoms with E-state index in [0.717, 1.165) is 16.3 Å². The molecule has 0 fully saturated rings. The Kier molecular flexibility index (Phi) is 2.20. The van der Waals surface area contributed by atoms with Crippen molar-refractivity contribution >= 4 is 21.8 Å². The van der Waals surface area contributed by atoms with Gasteiger partial charge in [-0.15, -0.1) is 0 Å². The lowest BCUT2D eigenvalue weighted by Crippen LogP contribution is -2.07. The van der Waals surface area contributed by atoms with E-state index in [4.69, 9.17) is 5.73 Å². The highest BCUT2D eigenvalue weighted by Crippen LogP contribution is 2.23. The quantitative estimate of drug-likeness (QED) is 0.786. The van der Waals surface area contributed by atoms with Crippen molar-refractivity contribution in [2.24, 2.45) is 5.73 Å². The van der Waals surface area contributed by atoms with Crippen LogP contribution in [0.5, 0.6) is 0 Å². The maximum Gasteiger partial charge on any atom is 0.189 e. The van der Waals surface area contributed by atoms with Crippen molar-refractivity contribution in [1.82, 2.24) is 15.0 Å². The third kappa shape index (κ3) is 1.52. The van der Waals surface area contributed by atoms with Crippen molar-refractivity contribution in [2.75, 3.05) is 0 Å². The van der Waals surface area contributed by atoms with Gasteiger partial charge in [-0.3, -0.25) is 0 Å². The molecular weight excluding hydrogens is 184 g/mol. The zero-order valence-electron chi connectivity index (χ0n) is 7.27. The van der Waals surface area contributed by atoms with Gasteiger partial charge in [0.05, 0.1) is 6.04 Å². The molecule has 5 heteroatoms. The SMILES string of the molecule is CCC(N)c1nc2nccnc2s1. The highest BCUT2D eigenvalue weighted by Gasteiger charge is 2.10. The molecule has 0 aliphatic rings. The van der Waals surface area contributed by atoms with Gasteiger partial charge in [-0.1, -0.05) is 18.3 Å². The molecule has 0 saturated heterocycles. The second-order valence-electron chi connectivity index (χ2n) is 2.75. The average Bonchev–Trinajstić information content (AvgIpc) is 2.59. The zero-order valence-corrected chi connectivity index (χ0v) is 8.08. The minimum absolute atomic E-state index is 0.0148. The summed E-state index contributed by atoms with van der Waals surface area (Å²) in [5.74, 6) is 0. The van der Waals surface area contributed by atoms with E-state index in [1.165, 1.54) is 11.3 Å². The van der Waals surface area contributed by atoms with Gasteiger partial charge in [-0.25, -0.2) is 15.0 Å². The summed E-state index contributed by atoms with van der Waals surface area (Å²) in [5.41, 5.74) is 6.55.